The number of nitrogens with zero attached hydrogens (tertiary/aromatic N) is 2. The van der Waals surface area contributed by atoms with E-state index in [2.05, 4.69) is 9.97 Å². The van der Waals surface area contributed by atoms with Gasteiger partial charge in [-0.2, -0.15) is 0 Å². The van der Waals surface area contributed by atoms with Crippen LogP contribution in [0.25, 0.3) is 22.3 Å². The first-order valence-electron chi connectivity index (χ1n) is 5.96. The molecule has 0 saturated heterocycles. The standard InChI is InChI=1S/C15H10N2O3/c18-15(19)20-13-8-4-7-11-14(13)17-12(9-16-11)10-5-2-1-3-6-10/h1-9H,(H,18,19). The Kier molecular flexibility index (Phi) is 3.01. The average Bonchev–Trinajstić information content (AvgIpc) is 2.47. The predicted octanol–water partition coefficient (Wildman–Crippen LogP) is 3.35. The van der Waals surface area contributed by atoms with Gasteiger partial charge in [0.05, 0.1) is 17.4 Å². The van der Waals surface area contributed by atoms with Gasteiger partial charge in [-0.05, 0) is 12.1 Å². The van der Waals surface area contributed by atoms with Crippen molar-refractivity contribution < 1.29 is 14.6 Å². The molecular weight excluding hydrogens is 256 g/mol. The Labute approximate surface area is 114 Å². The third kappa shape index (κ3) is 2.29. The first kappa shape index (κ1) is 12.1. The number of benzene rings is 2. The maximum atomic E-state index is 10.7. The molecule has 0 spiro atoms. The van der Waals surface area contributed by atoms with Gasteiger partial charge in [-0.3, -0.25) is 4.98 Å². The van der Waals surface area contributed by atoms with Gasteiger partial charge in [0.15, 0.2) is 5.75 Å². The van der Waals surface area contributed by atoms with Gasteiger partial charge in [-0.25, -0.2) is 9.78 Å². The van der Waals surface area contributed by atoms with Crippen molar-refractivity contribution in [3.63, 3.8) is 0 Å². The maximum absolute atomic E-state index is 10.7. The molecule has 0 saturated carbocycles. The van der Waals surface area contributed by atoms with Crippen LogP contribution in [-0.4, -0.2) is 21.2 Å². The van der Waals surface area contributed by atoms with E-state index in [1.54, 1.807) is 24.4 Å². The molecule has 0 atom stereocenters. The Morgan fingerprint density at radius 1 is 1.05 bits per heavy atom. The third-order valence-corrected chi connectivity index (χ3v) is 2.80. The highest BCUT2D eigenvalue weighted by Gasteiger charge is 2.10. The van der Waals surface area contributed by atoms with Gasteiger partial charge in [0.1, 0.15) is 5.52 Å². The first-order valence-corrected chi connectivity index (χ1v) is 5.96. The van der Waals surface area contributed by atoms with Crippen molar-refractivity contribution in [2.24, 2.45) is 0 Å². The Balaban J connectivity index is 2.16. The molecule has 0 amide bonds. The van der Waals surface area contributed by atoms with Gasteiger partial charge in [-0.15, -0.1) is 0 Å². The first-order chi connectivity index (χ1) is 9.74. The van der Waals surface area contributed by atoms with Crippen molar-refractivity contribution in [1.82, 2.24) is 9.97 Å². The topological polar surface area (TPSA) is 72.3 Å². The lowest BCUT2D eigenvalue weighted by atomic mass is 10.1. The number of hydrogen-bond donors (Lipinski definition) is 1. The fourth-order valence-corrected chi connectivity index (χ4v) is 1.93. The lowest BCUT2D eigenvalue weighted by Crippen LogP contribution is -2.04. The quantitative estimate of drug-likeness (QED) is 0.568. The predicted molar refractivity (Wildman–Crippen MR) is 73.6 cm³/mol. The normalized spacial score (nSPS) is 10.4. The van der Waals surface area contributed by atoms with Crippen LogP contribution in [0.4, 0.5) is 4.79 Å². The van der Waals surface area contributed by atoms with E-state index < -0.39 is 6.16 Å². The number of carboxylic acid groups (broad SMARTS) is 1. The summed E-state index contributed by atoms with van der Waals surface area (Å²) >= 11 is 0. The van der Waals surface area contributed by atoms with E-state index in [0.717, 1.165) is 5.56 Å². The monoisotopic (exact) mass is 266 g/mol. The van der Waals surface area contributed by atoms with Crippen LogP contribution < -0.4 is 4.74 Å². The van der Waals surface area contributed by atoms with Gasteiger partial charge >= 0.3 is 6.16 Å². The summed E-state index contributed by atoms with van der Waals surface area (Å²) in [6.45, 7) is 0. The summed E-state index contributed by atoms with van der Waals surface area (Å²) in [4.78, 5) is 19.4. The number of ether oxygens (including phenoxy) is 1. The molecule has 5 nitrogen and oxygen atoms in total. The third-order valence-electron chi connectivity index (χ3n) is 2.80. The second kappa shape index (κ2) is 4.97. The minimum absolute atomic E-state index is 0.181. The Morgan fingerprint density at radius 3 is 2.60 bits per heavy atom. The van der Waals surface area contributed by atoms with E-state index in [0.29, 0.717) is 16.7 Å². The van der Waals surface area contributed by atoms with E-state index in [1.807, 2.05) is 30.3 Å². The fourth-order valence-electron chi connectivity index (χ4n) is 1.93. The molecule has 0 aliphatic rings. The Hall–Kier alpha value is -2.95. The molecule has 0 unspecified atom stereocenters. The van der Waals surface area contributed by atoms with E-state index in [4.69, 9.17) is 9.84 Å². The lowest BCUT2D eigenvalue weighted by molar-refractivity contribution is 0.145. The summed E-state index contributed by atoms with van der Waals surface area (Å²) in [5.41, 5.74) is 2.59. The van der Waals surface area contributed by atoms with Gasteiger partial charge in [0.25, 0.3) is 0 Å². The highest BCUT2D eigenvalue weighted by atomic mass is 16.7. The Bertz CT molecular complexity index is 772. The van der Waals surface area contributed by atoms with Crippen LogP contribution >= 0.6 is 0 Å². The second-order valence-electron chi connectivity index (χ2n) is 4.11. The molecular formula is C15H10N2O3. The van der Waals surface area contributed by atoms with Gasteiger partial charge in [0.2, 0.25) is 0 Å². The molecule has 3 rings (SSSR count). The van der Waals surface area contributed by atoms with Crippen molar-refractivity contribution in [2.75, 3.05) is 0 Å². The lowest BCUT2D eigenvalue weighted by Gasteiger charge is -2.06. The molecule has 3 aromatic rings. The van der Waals surface area contributed by atoms with Crippen LogP contribution in [0.3, 0.4) is 0 Å². The largest absolute Gasteiger partial charge is 0.511 e. The number of fused-ring (bicyclic) bond motifs is 1. The van der Waals surface area contributed by atoms with Crippen LogP contribution in [0.1, 0.15) is 0 Å². The number of hydrogen-bond acceptors (Lipinski definition) is 4. The zero-order chi connectivity index (χ0) is 13.9. The summed E-state index contributed by atoms with van der Waals surface area (Å²) < 4.78 is 4.73. The molecule has 0 bridgehead atoms. The van der Waals surface area contributed by atoms with Crippen molar-refractivity contribution in [3.05, 3.63) is 54.7 Å². The number of para-hydroxylation sites is 1. The molecule has 98 valence electrons. The van der Waals surface area contributed by atoms with Crippen LogP contribution in [0, 0.1) is 0 Å². The zero-order valence-corrected chi connectivity index (χ0v) is 10.4. The summed E-state index contributed by atoms with van der Waals surface area (Å²) in [6.07, 6.45) is 0.284. The van der Waals surface area contributed by atoms with E-state index >= 15 is 0 Å². The minimum Gasteiger partial charge on any atom is -0.449 e. The van der Waals surface area contributed by atoms with Crippen LogP contribution in [0.2, 0.25) is 0 Å². The summed E-state index contributed by atoms with van der Waals surface area (Å²) in [7, 11) is 0. The van der Waals surface area contributed by atoms with Gasteiger partial charge < -0.3 is 9.84 Å². The molecule has 2 aromatic carbocycles. The molecule has 0 aliphatic heterocycles. The van der Waals surface area contributed by atoms with Crippen molar-refractivity contribution in [3.8, 4) is 17.0 Å². The van der Waals surface area contributed by atoms with Crippen molar-refractivity contribution in [1.29, 1.82) is 0 Å². The van der Waals surface area contributed by atoms with Gasteiger partial charge in [-0.1, -0.05) is 36.4 Å². The van der Waals surface area contributed by atoms with Crippen LogP contribution in [0.5, 0.6) is 5.75 Å². The molecule has 0 aliphatic carbocycles. The average molecular weight is 266 g/mol. The van der Waals surface area contributed by atoms with Crippen molar-refractivity contribution in [2.45, 2.75) is 0 Å². The minimum atomic E-state index is -1.37. The molecule has 1 aromatic heterocycles. The molecule has 5 heteroatoms. The highest BCUT2D eigenvalue weighted by Crippen LogP contribution is 2.25. The number of aromatic nitrogens is 2. The molecule has 1 N–H and O–H groups in total. The Morgan fingerprint density at radius 2 is 1.85 bits per heavy atom. The molecule has 0 fully saturated rings. The fraction of sp³-hybridized carbons (Fsp3) is 0. The summed E-state index contributed by atoms with van der Waals surface area (Å²) in [5.74, 6) is 0.181. The van der Waals surface area contributed by atoms with Gasteiger partial charge in [0, 0.05) is 5.56 Å². The van der Waals surface area contributed by atoms with E-state index in [-0.39, 0.29) is 5.75 Å². The molecule has 20 heavy (non-hydrogen) atoms. The van der Waals surface area contributed by atoms with Crippen molar-refractivity contribution >= 4 is 17.2 Å². The SMILES string of the molecule is O=C(O)Oc1cccc2ncc(-c3ccccc3)nc12. The number of carbonyl (C=O) groups is 1. The highest BCUT2D eigenvalue weighted by molar-refractivity contribution is 5.84. The molecule has 0 radical (unpaired) electrons. The maximum Gasteiger partial charge on any atom is 0.511 e. The number of rotatable bonds is 2. The summed E-state index contributed by atoms with van der Waals surface area (Å²) in [6, 6.07) is 14.5. The smallest absolute Gasteiger partial charge is 0.449 e. The van der Waals surface area contributed by atoms with Crippen LogP contribution in [0.15, 0.2) is 54.7 Å². The van der Waals surface area contributed by atoms with E-state index in [9.17, 15) is 4.79 Å². The zero-order valence-electron chi connectivity index (χ0n) is 10.4. The summed E-state index contributed by atoms with van der Waals surface area (Å²) in [5, 5.41) is 8.74. The second-order valence-corrected chi connectivity index (χ2v) is 4.11. The van der Waals surface area contributed by atoms with E-state index in [1.165, 1.54) is 0 Å². The molecule has 1 heterocycles. The van der Waals surface area contributed by atoms with Crippen LogP contribution in [-0.2, 0) is 0 Å².